The third kappa shape index (κ3) is 2.16. The average molecular weight is 308 g/mol. The maximum atomic E-state index is 4.86. The zero-order chi connectivity index (χ0) is 15.9. The van der Waals surface area contributed by atoms with Crippen LogP contribution < -0.4 is 0 Å². The second-order valence-electron chi connectivity index (χ2n) is 6.22. The molecule has 0 fully saturated rings. The summed E-state index contributed by atoms with van der Waals surface area (Å²) < 4.78 is 0. The Balaban J connectivity index is 1.58. The zero-order valence-corrected chi connectivity index (χ0v) is 13.2. The maximum absolute atomic E-state index is 4.86. The molecule has 2 heteroatoms. The van der Waals surface area contributed by atoms with Crippen molar-refractivity contribution >= 4 is 22.3 Å². The van der Waals surface area contributed by atoms with Crippen molar-refractivity contribution in [3.05, 3.63) is 90.0 Å². The van der Waals surface area contributed by atoms with E-state index < -0.39 is 0 Å². The first-order valence-corrected chi connectivity index (χ1v) is 8.21. The third-order valence-electron chi connectivity index (χ3n) is 4.63. The topological polar surface area (TPSA) is 28.1 Å². The Morgan fingerprint density at radius 2 is 1.46 bits per heavy atom. The lowest BCUT2D eigenvalue weighted by Crippen LogP contribution is -1.99. The molecule has 0 atom stereocenters. The molecule has 24 heavy (non-hydrogen) atoms. The van der Waals surface area contributed by atoms with Crippen molar-refractivity contribution in [1.29, 1.82) is 0 Å². The second-order valence-corrected chi connectivity index (χ2v) is 6.22. The van der Waals surface area contributed by atoms with Crippen LogP contribution in [-0.2, 0) is 6.42 Å². The number of nitrogens with zero attached hydrogens (tertiary/aromatic N) is 1. The largest absolute Gasteiger partial charge is 0.355 e. The number of aromatic amines is 1. The van der Waals surface area contributed by atoms with E-state index in [0.717, 1.165) is 23.5 Å². The summed E-state index contributed by atoms with van der Waals surface area (Å²) in [6.07, 6.45) is 0.898. The van der Waals surface area contributed by atoms with E-state index in [1.54, 1.807) is 0 Å². The number of hydrogen-bond acceptors (Lipinski definition) is 1. The monoisotopic (exact) mass is 308 g/mol. The van der Waals surface area contributed by atoms with Crippen LogP contribution in [0.1, 0.15) is 11.1 Å². The number of benzene rings is 3. The van der Waals surface area contributed by atoms with Gasteiger partial charge in [-0.15, -0.1) is 0 Å². The molecule has 1 N–H and O–H groups in total. The highest BCUT2D eigenvalue weighted by atomic mass is 14.8. The highest BCUT2D eigenvalue weighted by Gasteiger charge is 2.17. The molecule has 0 saturated carbocycles. The molecular formula is C22H16N2. The minimum absolute atomic E-state index is 0.898. The standard InChI is InChI=1S/C22H16N2/c1-3-7-15(8-4-1)19-11-17-13-22-18(14-21(17)23-19)12-20(24-22)16-9-5-2-6-10-16/h1-11,13-14,23H,12H2. The Morgan fingerprint density at radius 1 is 0.750 bits per heavy atom. The van der Waals surface area contributed by atoms with E-state index in [4.69, 9.17) is 4.99 Å². The van der Waals surface area contributed by atoms with Gasteiger partial charge in [-0.05, 0) is 34.9 Å². The molecule has 4 aromatic rings. The molecule has 114 valence electrons. The van der Waals surface area contributed by atoms with Crippen molar-refractivity contribution in [3.8, 4) is 11.3 Å². The summed E-state index contributed by atoms with van der Waals surface area (Å²) in [5, 5.41) is 1.21. The fraction of sp³-hybridized carbons (Fsp3) is 0.0455. The molecule has 0 unspecified atom stereocenters. The van der Waals surface area contributed by atoms with Crippen LogP contribution in [-0.4, -0.2) is 10.7 Å². The molecule has 0 radical (unpaired) electrons. The first-order chi connectivity index (χ1) is 11.9. The molecule has 5 rings (SSSR count). The van der Waals surface area contributed by atoms with Crippen LogP contribution in [0.4, 0.5) is 5.69 Å². The van der Waals surface area contributed by atoms with Crippen molar-refractivity contribution in [1.82, 2.24) is 4.98 Å². The van der Waals surface area contributed by atoms with Crippen LogP contribution in [0.2, 0.25) is 0 Å². The lowest BCUT2D eigenvalue weighted by atomic mass is 10.0. The summed E-state index contributed by atoms with van der Waals surface area (Å²) in [5.41, 5.74) is 8.30. The lowest BCUT2D eigenvalue weighted by Gasteiger charge is -1.99. The Kier molecular flexibility index (Phi) is 2.89. The number of H-pyrrole nitrogens is 1. The maximum Gasteiger partial charge on any atom is 0.0676 e. The molecule has 0 aliphatic carbocycles. The quantitative estimate of drug-likeness (QED) is 0.505. The van der Waals surface area contributed by atoms with Crippen LogP contribution in [0.3, 0.4) is 0 Å². The number of rotatable bonds is 2. The van der Waals surface area contributed by atoms with Gasteiger partial charge in [0.1, 0.15) is 0 Å². The zero-order valence-electron chi connectivity index (χ0n) is 13.2. The van der Waals surface area contributed by atoms with Crippen molar-refractivity contribution in [2.24, 2.45) is 4.99 Å². The lowest BCUT2D eigenvalue weighted by molar-refractivity contribution is 1.38. The molecule has 0 saturated heterocycles. The van der Waals surface area contributed by atoms with E-state index >= 15 is 0 Å². The predicted molar refractivity (Wildman–Crippen MR) is 100 cm³/mol. The van der Waals surface area contributed by atoms with Gasteiger partial charge in [-0.1, -0.05) is 60.7 Å². The summed E-state index contributed by atoms with van der Waals surface area (Å²) in [6, 6.07) is 27.5. The summed E-state index contributed by atoms with van der Waals surface area (Å²) in [7, 11) is 0. The van der Waals surface area contributed by atoms with E-state index in [0.29, 0.717) is 0 Å². The number of hydrogen-bond donors (Lipinski definition) is 1. The Bertz CT molecular complexity index is 1060. The second kappa shape index (κ2) is 5.20. The summed E-state index contributed by atoms with van der Waals surface area (Å²) in [6.45, 7) is 0. The van der Waals surface area contributed by atoms with Gasteiger partial charge in [0, 0.05) is 23.0 Å². The van der Waals surface area contributed by atoms with Crippen LogP contribution in [0.25, 0.3) is 22.2 Å². The smallest absolute Gasteiger partial charge is 0.0676 e. The minimum atomic E-state index is 0.898. The van der Waals surface area contributed by atoms with Gasteiger partial charge in [-0.2, -0.15) is 0 Å². The number of aliphatic imine (C=N–C) groups is 1. The van der Waals surface area contributed by atoms with Crippen LogP contribution in [0.5, 0.6) is 0 Å². The van der Waals surface area contributed by atoms with E-state index in [1.807, 2.05) is 12.1 Å². The molecule has 0 bridgehead atoms. The molecule has 1 aliphatic rings. The first kappa shape index (κ1) is 13.3. The van der Waals surface area contributed by atoms with Gasteiger partial charge in [0.15, 0.2) is 0 Å². The highest BCUT2D eigenvalue weighted by Crippen LogP contribution is 2.34. The molecule has 3 aromatic carbocycles. The highest BCUT2D eigenvalue weighted by molar-refractivity contribution is 6.07. The van der Waals surface area contributed by atoms with Crippen molar-refractivity contribution in [2.75, 3.05) is 0 Å². The normalized spacial score (nSPS) is 13.1. The molecule has 1 aliphatic heterocycles. The number of fused-ring (bicyclic) bond motifs is 2. The van der Waals surface area contributed by atoms with Crippen molar-refractivity contribution in [3.63, 3.8) is 0 Å². The fourth-order valence-electron chi connectivity index (χ4n) is 3.39. The van der Waals surface area contributed by atoms with Gasteiger partial charge in [0.05, 0.1) is 11.4 Å². The van der Waals surface area contributed by atoms with Gasteiger partial charge in [-0.25, -0.2) is 0 Å². The van der Waals surface area contributed by atoms with Crippen LogP contribution >= 0.6 is 0 Å². The van der Waals surface area contributed by atoms with Crippen LogP contribution in [0, 0.1) is 0 Å². The number of aromatic nitrogens is 1. The fourth-order valence-corrected chi connectivity index (χ4v) is 3.39. The molecule has 2 nitrogen and oxygen atoms in total. The molecule has 1 aromatic heterocycles. The predicted octanol–water partition coefficient (Wildman–Crippen LogP) is 5.51. The molecule has 0 spiro atoms. The van der Waals surface area contributed by atoms with E-state index in [-0.39, 0.29) is 0 Å². The summed E-state index contributed by atoms with van der Waals surface area (Å²) in [5.74, 6) is 0. The Morgan fingerprint density at radius 3 is 2.21 bits per heavy atom. The van der Waals surface area contributed by atoms with Gasteiger partial charge in [-0.3, -0.25) is 4.99 Å². The number of nitrogens with one attached hydrogen (secondary N) is 1. The first-order valence-electron chi connectivity index (χ1n) is 8.21. The van der Waals surface area contributed by atoms with Gasteiger partial charge in [0.25, 0.3) is 0 Å². The van der Waals surface area contributed by atoms with Gasteiger partial charge >= 0.3 is 0 Å². The SMILES string of the molecule is c1ccc(C2=Nc3cc4cc(-c5ccccc5)[nH]c4cc3C2)cc1. The Labute approximate surface area is 140 Å². The van der Waals surface area contributed by atoms with Crippen molar-refractivity contribution < 1.29 is 0 Å². The third-order valence-corrected chi connectivity index (χ3v) is 4.63. The molecule has 2 heterocycles. The molecule has 0 amide bonds. The van der Waals surface area contributed by atoms with Crippen molar-refractivity contribution in [2.45, 2.75) is 6.42 Å². The minimum Gasteiger partial charge on any atom is -0.355 e. The van der Waals surface area contributed by atoms with Gasteiger partial charge in [0.2, 0.25) is 0 Å². The summed E-state index contributed by atoms with van der Waals surface area (Å²) >= 11 is 0. The van der Waals surface area contributed by atoms with Crippen LogP contribution in [0.15, 0.2) is 83.9 Å². The molecular weight excluding hydrogens is 292 g/mol. The van der Waals surface area contributed by atoms with Gasteiger partial charge < -0.3 is 4.98 Å². The average Bonchev–Trinajstić information content (AvgIpc) is 3.24. The van der Waals surface area contributed by atoms with E-state index in [1.165, 1.54) is 27.6 Å². The Hall–Kier alpha value is -3.13. The van der Waals surface area contributed by atoms with E-state index in [2.05, 4.69) is 71.7 Å². The summed E-state index contributed by atoms with van der Waals surface area (Å²) in [4.78, 5) is 8.40. The van der Waals surface area contributed by atoms with E-state index in [9.17, 15) is 0 Å².